The Kier molecular flexibility index (Phi) is 4.88. The highest BCUT2D eigenvalue weighted by Gasteiger charge is 2.39. The molecule has 1 atom stereocenters. The van der Waals surface area contributed by atoms with Crippen molar-refractivity contribution in [2.24, 2.45) is 0 Å². The topological polar surface area (TPSA) is 102 Å². The van der Waals surface area contributed by atoms with Crippen molar-refractivity contribution in [2.45, 2.75) is 31.0 Å². The van der Waals surface area contributed by atoms with E-state index in [2.05, 4.69) is 15.5 Å². The van der Waals surface area contributed by atoms with Crippen LogP contribution in [0.4, 0.5) is 0 Å². The number of sulfone groups is 1. The Morgan fingerprint density at radius 1 is 1.32 bits per heavy atom. The highest BCUT2D eigenvalue weighted by molar-refractivity contribution is 7.99. The van der Waals surface area contributed by atoms with Crippen LogP contribution in [-0.4, -0.2) is 47.3 Å². The van der Waals surface area contributed by atoms with Gasteiger partial charge in [0.1, 0.15) is 0 Å². The van der Waals surface area contributed by atoms with Gasteiger partial charge in [0.05, 0.1) is 22.8 Å². The molecule has 1 fully saturated rings. The molecule has 3 rings (SSSR count). The number of benzene rings is 1. The Morgan fingerprint density at radius 3 is 2.68 bits per heavy atom. The highest BCUT2D eigenvalue weighted by atomic mass is 32.2. The molecule has 0 spiro atoms. The molecule has 0 saturated carbocycles. The predicted octanol–water partition coefficient (Wildman–Crippen LogP) is 1.83. The van der Waals surface area contributed by atoms with Gasteiger partial charge in [-0.25, -0.2) is 8.42 Å². The van der Waals surface area contributed by atoms with Gasteiger partial charge in [0, 0.05) is 5.56 Å². The number of hydrogen-bond acceptors (Lipinski definition) is 7. The van der Waals surface area contributed by atoms with E-state index < -0.39 is 15.4 Å². The van der Waals surface area contributed by atoms with Gasteiger partial charge in [0.2, 0.25) is 11.8 Å². The molecule has 1 saturated heterocycles. The van der Waals surface area contributed by atoms with Crippen molar-refractivity contribution in [1.29, 1.82) is 0 Å². The molecule has 0 aliphatic carbocycles. The van der Waals surface area contributed by atoms with Crippen LogP contribution in [-0.2, 0) is 14.6 Å². The summed E-state index contributed by atoms with van der Waals surface area (Å²) in [6, 6.07) is 7.70. The number of nitrogens with one attached hydrogen (secondary N) is 1. The summed E-state index contributed by atoms with van der Waals surface area (Å²) in [4.78, 5) is 12.1. The van der Waals surface area contributed by atoms with Crippen LogP contribution < -0.4 is 5.32 Å². The molecule has 7 nitrogen and oxygen atoms in total. The van der Waals surface area contributed by atoms with Crippen molar-refractivity contribution < 1.29 is 17.6 Å². The van der Waals surface area contributed by atoms with Crippen molar-refractivity contribution in [1.82, 2.24) is 15.5 Å². The second-order valence-electron chi connectivity index (χ2n) is 6.48. The summed E-state index contributed by atoms with van der Waals surface area (Å²) in [6.45, 7) is 3.75. The molecule has 0 bridgehead atoms. The summed E-state index contributed by atoms with van der Waals surface area (Å²) in [5.41, 5.74) is 1.26. The number of hydrogen-bond donors (Lipinski definition) is 1. The monoisotopic (exact) mass is 381 g/mol. The molecular formula is C16H19N3O4S2. The first-order chi connectivity index (χ1) is 11.7. The quantitative estimate of drug-likeness (QED) is 0.788. The zero-order chi connectivity index (χ0) is 18.1. The Bertz CT molecular complexity index is 877. The fraction of sp³-hybridized carbons (Fsp3) is 0.438. The van der Waals surface area contributed by atoms with Gasteiger partial charge in [0.15, 0.2) is 9.84 Å². The molecule has 1 N–H and O–H groups in total. The number of rotatable bonds is 5. The third-order valence-corrected chi connectivity index (χ3v) is 6.70. The number of amides is 1. The maximum atomic E-state index is 12.1. The zero-order valence-corrected chi connectivity index (χ0v) is 15.6. The SMILES string of the molecule is Cc1ccc(-c2nnc(SCC(=O)N[C@@]3(C)CCS(=O)(=O)C3)o2)cc1. The zero-order valence-electron chi connectivity index (χ0n) is 14.0. The molecule has 0 radical (unpaired) electrons. The summed E-state index contributed by atoms with van der Waals surface area (Å²) in [6.07, 6.45) is 0.434. The van der Waals surface area contributed by atoms with E-state index in [9.17, 15) is 13.2 Å². The van der Waals surface area contributed by atoms with E-state index in [4.69, 9.17) is 4.42 Å². The largest absolute Gasteiger partial charge is 0.411 e. The molecule has 9 heteroatoms. The number of nitrogens with zero attached hydrogens (tertiary/aromatic N) is 2. The van der Waals surface area contributed by atoms with Crippen molar-refractivity contribution >= 4 is 27.5 Å². The minimum Gasteiger partial charge on any atom is -0.411 e. The van der Waals surface area contributed by atoms with Crippen molar-refractivity contribution in [3.8, 4) is 11.5 Å². The van der Waals surface area contributed by atoms with E-state index in [0.29, 0.717) is 17.5 Å². The standard InChI is InChI=1S/C16H19N3O4S2/c1-11-3-5-12(6-4-11)14-18-19-15(23-14)24-9-13(20)17-16(2)7-8-25(21,22)10-16/h3-6H,7-10H2,1-2H3,(H,17,20)/t16-/m0/s1. The molecular weight excluding hydrogens is 362 g/mol. The fourth-order valence-electron chi connectivity index (χ4n) is 2.69. The predicted molar refractivity (Wildman–Crippen MR) is 95.0 cm³/mol. The normalized spacial score (nSPS) is 22.0. The summed E-state index contributed by atoms with van der Waals surface area (Å²) < 4.78 is 28.7. The second-order valence-corrected chi connectivity index (χ2v) is 9.59. The average molecular weight is 381 g/mol. The lowest BCUT2D eigenvalue weighted by Crippen LogP contribution is -2.47. The molecule has 1 aliphatic heterocycles. The van der Waals surface area contributed by atoms with Crippen molar-refractivity contribution in [3.05, 3.63) is 29.8 Å². The summed E-state index contributed by atoms with van der Waals surface area (Å²) in [5.74, 6) is 0.330. The molecule has 1 aliphatic rings. The molecule has 0 unspecified atom stereocenters. The van der Waals surface area contributed by atoms with Gasteiger partial charge < -0.3 is 9.73 Å². The number of thioether (sulfide) groups is 1. The Labute approximate surface area is 150 Å². The molecule has 2 aromatic rings. The first kappa shape index (κ1) is 17.9. The van der Waals surface area contributed by atoms with E-state index in [1.54, 1.807) is 6.92 Å². The Morgan fingerprint density at radius 2 is 2.04 bits per heavy atom. The maximum absolute atomic E-state index is 12.1. The lowest BCUT2D eigenvalue weighted by atomic mass is 10.0. The van der Waals surface area contributed by atoms with E-state index >= 15 is 0 Å². The lowest BCUT2D eigenvalue weighted by Gasteiger charge is -2.23. The van der Waals surface area contributed by atoms with Crippen LogP contribution in [0.25, 0.3) is 11.5 Å². The van der Waals surface area contributed by atoms with Gasteiger partial charge in [-0.2, -0.15) is 0 Å². The van der Waals surface area contributed by atoms with E-state index in [-0.39, 0.29) is 23.2 Å². The molecule has 25 heavy (non-hydrogen) atoms. The van der Waals surface area contributed by atoms with Crippen molar-refractivity contribution in [3.63, 3.8) is 0 Å². The number of carbonyl (C=O) groups is 1. The van der Waals surface area contributed by atoms with Crippen LogP contribution in [0.2, 0.25) is 0 Å². The van der Waals surface area contributed by atoms with Crippen LogP contribution in [0.3, 0.4) is 0 Å². The Hall–Kier alpha value is -1.87. The first-order valence-electron chi connectivity index (χ1n) is 7.80. The van der Waals surface area contributed by atoms with E-state index in [1.165, 1.54) is 0 Å². The van der Waals surface area contributed by atoms with Gasteiger partial charge in [-0.3, -0.25) is 4.79 Å². The minimum absolute atomic E-state index is 0.0193. The molecule has 1 amide bonds. The maximum Gasteiger partial charge on any atom is 0.277 e. The molecule has 1 aromatic carbocycles. The summed E-state index contributed by atoms with van der Waals surface area (Å²) in [7, 11) is -3.06. The van der Waals surface area contributed by atoms with Gasteiger partial charge in [-0.05, 0) is 32.4 Å². The molecule has 2 heterocycles. The van der Waals surface area contributed by atoms with Crippen LogP contribution in [0.5, 0.6) is 0 Å². The van der Waals surface area contributed by atoms with Crippen LogP contribution in [0.15, 0.2) is 33.9 Å². The molecule has 1 aromatic heterocycles. The van der Waals surface area contributed by atoms with Crippen LogP contribution >= 0.6 is 11.8 Å². The molecule has 134 valence electrons. The highest BCUT2D eigenvalue weighted by Crippen LogP contribution is 2.25. The lowest BCUT2D eigenvalue weighted by molar-refractivity contribution is -0.120. The van der Waals surface area contributed by atoms with Gasteiger partial charge in [-0.15, -0.1) is 10.2 Å². The van der Waals surface area contributed by atoms with Gasteiger partial charge in [-0.1, -0.05) is 29.5 Å². The number of aryl methyl sites for hydroxylation is 1. The van der Waals surface area contributed by atoms with Gasteiger partial charge in [0.25, 0.3) is 5.22 Å². The average Bonchev–Trinajstić information content (AvgIpc) is 3.10. The third kappa shape index (κ3) is 4.60. The first-order valence-corrected chi connectivity index (χ1v) is 10.6. The minimum atomic E-state index is -3.06. The third-order valence-electron chi connectivity index (χ3n) is 3.98. The fourth-order valence-corrected chi connectivity index (χ4v) is 5.35. The van der Waals surface area contributed by atoms with E-state index in [1.807, 2.05) is 31.2 Å². The number of carbonyl (C=O) groups excluding carboxylic acids is 1. The number of aromatic nitrogens is 2. The summed E-state index contributed by atoms with van der Waals surface area (Å²) >= 11 is 1.13. The van der Waals surface area contributed by atoms with Crippen LogP contribution in [0.1, 0.15) is 18.9 Å². The van der Waals surface area contributed by atoms with Gasteiger partial charge >= 0.3 is 0 Å². The summed E-state index contributed by atoms with van der Waals surface area (Å²) in [5, 5.41) is 11.0. The Balaban J connectivity index is 1.55. The smallest absolute Gasteiger partial charge is 0.277 e. The van der Waals surface area contributed by atoms with E-state index in [0.717, 1.165) is 22.9 Å². The van der Waals surface area contributed by atoms with Crippen LogP contribution in [0, 0.1) is 6.92 Å². The van der Waals surface area contributed by atoms with Crippen molar-refractivity contribution in [2.75, 3.05) is 17.3 Å². The second kappa shape index (κ2) is 6.80.